The molecule has 12 nitrogen and oxygen atoms in total. The number of methoxy groups -OCH3 is 2. The van der Waals surface area contributed by atoms with Gasteiger partial charge in [-0.2, -0.15) is 23.5 Å². The molecule has 6 saturated heterocycles. The van der Waals surface area contributed by atoms with Crippen molar-refractivity contribution in [3.05, 3.63) is 96.3 Å². The van der Waals surface area contributed by atoms with E-state index in [9.17, 15) is 0 Å². The number of aliphatic hydroxyl groups is 2. The summed E-state index contributed by atoms with van der Waals surface area (Å²) < 4.78 is 26.5. The van der Waals surface area contributed by atoms with Crippen molar-refractivity contribution >= 4 is 56.1 Å². The predicted molar refractivity (Wildman–Crippen MR) is 301 cm³/mol. The molecule has 9 heterocycles. The lowest BCUT2D eigenvalue weighted by molar-refractivity contribution is -0.0502. The van der Waals surface area contributed by atoms with Gasteiger partial charge in [-0.3, -0.25) is 19.8 Å². The molecule has 12 rings (SSSR count). The first-order valence-electron chi connectivity index (χ1n) is 27.8. The number of hydrogen-bond donors (Lipinski definition) is 2. The van der Waals surface area contributed by atoms with Crippen LogP contribution in [-0.4, -0.2) is 129 Å². The van der Waals surface area contributed by atoms with E-state index in [4.69, 9.17) is 49.3 Å². The molecule has 0 amide bonds. The van der Waals surface area contributed by atoms with Gasteiger partial charge in [0.25, 0.3) is 0 Å². The summed E-state index contributed by atoms with van der Waals surface area (Å²) in [5.74, 6) is 9.98. The second kappa shape index (κ2) is 26.1. The van der Waals surface area contributed by atoms with E-state index >= 15 is 0 Å². The highest BCUT2D eigenvalue weighted by molar-refractivity contribution is 7.99. The van der Waals surface area contributed by atoms with Gasteiger partial charge in [-0.05, 0) is 185 Å². The molecule has 6 aliphatic heterocycles. The quantitative estimate of drug-likeness (QED) is 0.0451. The molecule has 10 atom stereocenters. The zero-order valence-electron chi connectivity index (χ0n) is 43.7. The van der Waals surface area contributed by atoms with Crippen LogP contribution < -0.4 is 18.9 Å². The number of ether oxygens (including phenoxy) is 4. The molecule has 4 bridgehead atoms. The van der Waals surface area contributed by atoms with E-state index < -0.39 is 0 Å². The van der Waals surface area contributed by atoms with Crippen molar-refractivity contribution in [1.82, 2.24) is 30.0 Å². The Bertz CT molecular complexity index is 2570. The largest absolute Gasteiger partial charge is 0.497 e. The molecule has 3 aromatic carbocycles. The van der Waals surface area contributed by atoms with Crippen LogP contribution in [0.5, 0.6) is 23.3 Å². The number of aliphatic hydroxyl groups excluding tert-OH is 2. The van der Waals surface area contributed by atoms with Gasteiger partial charge in [0.15, 0.2) is 0 Å². The minimum atomic E-state index is -0.339. The molecule has 0 radical (unpaired) electrons. The summed E-state index contributed by atoms with van der Waals surface area (Å²) in [6.45, 7) is 4.85. The van der Waals surface area contributed by atoms with Gasteiger partial charge in [-0.1, -0.05) is 37.8 Å². The number of thioether (sulfide) groups is 2. The summed E-state index contributed by atoms with van der Waals surface area (Å²) in [7, 11) is 3.44. The SMILES string of the molecule is COc1ccc2nccc([C@H](Oc3nnc(O[C@@H](c4ccnc5ccc(OC)cc45)[C@H]4C[C@@H]5CCN4C[C@@H]5CCSCCCCCCO)c4ccccc34)[C@H]3C[C@@H]4CCN3C[C@@H]4CCSCCCCCCO)c2c1. The normalized spacial score (nSPS) is 24.1. The number of unbranched alkanes of at least 4 members (excludes halogenated alkanes) is 6. The number of hydrogen-bond acceptors (Lipinski definition) is 14. The monoisotopic (exact) mass is 1040 g/mol. The van der Waals surface area contributed by atoms with Crippen molar-refractivity contribution in [3.8, 4) is 23.3 Å². The topological polar surface area (TPSA) is 135 Å². The molecule has 6 aromatic rings. The third kappa shape index (κ3) is 12.4. The van der Waals surface area contributed by atoms with Crippen LogP contribution in [0.3, 0.4) is 0 Å². The van der Waals surface area contributed by atoms with Gasteiger partial charge >= 0.3 is 0 Å². The van der Waals surface area contributed by atoms with E-state index in [0.29, 0.717) is 48.6 Å². The third-order valence-electron chi connectivity index (χ3n) is 16.9. The first-order chi connectivity index (χ1) is 36.5. The fraction of sp³-hybridized carbons (Fsp3) is 0.567. The molecule has 6 aliphatic rings. The average Bonchev–Trinajstić information content (AvgIpc) is 3.46. The number of piperidine rings is 6. The van der Waals surface area contributed by atoms with Crippen LogP contribution in [0.1, 0.15) is 113 Å². The number of benzene rings is 3. The van der Waals surface area contributed by atoms with Gasteiger partial charge in [-0.25, -0.2) is 0 Å². The van der Waals surface area contributed by atoms with Crippen LogP contribution in [0, 0.1) is 23.7 Å². The molecule has 0 saturated carbocycles. The van der Waals surface area contributed by atoms with E-state index in [1.165, 1.54) is 74.4 Å². The van der Waals surface area contributed by atoms with Crippen molar-refractivity contribution in [2.75, 3.05) is 76.6 Å². The lowest BCUT2D eigenvalue weighted by Crippen LogP contribution is -2.56. The maximum atomic E-state index is 9.16. The molecule has 14 heteroatoms. The fourth-order valence-electron chi connectivity index (χ4n) is 12.9. The third-order valence-corrected chi connectivity index (χ3v) is 19.1. The van der Waals surface area contributed by atoms with Crippen molar-refractivity contribution in [2.45, 2.75) is 114 Å². The van der Waals surface area contributed by atoms with Crippen LogP contribution in [0.15, 0.2) is 85.2 Å². The Kier molecular flexibility index (Phi) is 18.7. The van der Waals surface area contributed by atoms with Crippen molar-refractivity contribution in [2.24, 2.45) is 23.7 Å². The molecular weight excluding hydrogens is 965 g/mol. The van der Waals surface area contributed by atoms with E-state index in [1.54, 1.807) is 14.2 Å². The minimum absolute atomic E-state index is 0.138. The van der Waals surface area contributed by atoms with Gasteiger partial charge in [0, 0.05) is 60.6 Å². The Morgan fingerprint density at radius 1 is 0.554 bits per heavy atom. The summed E-state index contributed by atoms with van der Waals surface area (Å²) in [5.41, 5.74) is 3.98. The average molecular weight is 1040 g/mol. The van der Waals surface area contributed by atoms with Gasteiger partial charge in [0.1, 0.15) is 23.7 Å². The Balaban J connectivity index is 0.931. The van der Waals surface area contributed by atoms with E-state index in [1.807, 2.05) is 36.7 Å². The molecule has 0 spiro atoms. The predicted octanol–water partition coefficient (Wildman–Crippen LogP) is 11.8. The van der Waals surface area contributed by atoms with Gasteiger partial charge in [-0.15, -0.1) is 10.2 Å². The Morgan fingerprint density at radius 2 is 1.01 bits per heavy atom. The molecule has 3 aromatic heterocycles. The number of nitrogens with zero attached hydrogens (tertiary/aromatic N) is 6. The second-order valence-corrected chi connectivity index (χ2v) is 23.7. The molecule has 6 fully saturated rings. The number of pyridine rings is 2. The van der Waals surface area contributed by atoms with Gasteiger partial charge in [0.2, 0.25) is 11.8 Å². The van der Waals surface area contributed by atoms with Crippen LogP contribution in [-0.2, 0) is 0 Å². The maximum absolute atomic E-state index is 9.16. The lowest BCUT2D eigenvalue weighted by Gasteiger charge is -2.52. The number of fused-ring (bicyclic) bond motifs is 9. The summed E-state index contributed by atoms with van der Waals surface area (Å²) in [6.07, 6.45) is 19.1. The smallest absolute Gasteiger partial charge is 0.242 e. The number of rotatable bonds is 28. The zero-order chi connectivity index (χ0) is 50.6. The second-order valence-electron chi connectivity index (χ2n) is 21.3. The molecule has 396 valence electrons. The standard InChI is InChI=1S/C60H78N6O6S2/c1-69-45-15-17-53-51(37-45)47(19-25-61-53)57(55-35-41-21-27-65(55)39-43(41)23-33-73-31-11-5-3-9-29-67)71-59-49-13-7-8-14-50(49)60(64-63-59)72-58(48-20-26-62-54-18-16-46(70-2)38-52(48)54)56-36-42-22-28-66(56)40-44(42)24-34-74-32-12-6-4-10-30-68/h7-8,13-20,25-26,37-38,41-44,55-58,67-68H,3-6,9-12,21-24,27-36,39-40H2,1-2H3/t41-,42-,43-,44-,55+,56+,57-,58-/m0/s1. The van der Waals surface area contributed by atoms with Crippen molar-refractivity contribution in [1.29, 1.82) is 0 Å². The highest BCUT2D eigenvalue weighted by Gasteiger charge is 2.46. The summed E-state index contributed by atoms with van der Waals surface area (Å²) in [4.78, 5) is 15.0. The van der Waals surface area contributed by atoms with E-state index in [2.05, 4.69) is 81.9 Å². The van der Waals surface area contributed by atoms with Gasteiger partial charge in [0.05, 0.1) is 48.1 Å². The van der Waals surface area contributed by atoms with Crippen LogP contribution >= 0.6 is 23.5 Å². The Hall–Kier alpha value is -4.44. The first kappa shape index (κ1) is 53.0. The van der Waals surface area contributed by atoms with E-state index in [0.717, 1.165) is 120 Å². The van der Waals surface area contributed by atoms with Crippen molar-refractivity contribution in [3.63, 3.8) is 0 Å². The lowest BCUT2D eigenvalue weighted by atomic mass is 9.72. The maximum Gasteiger partial charge on any atom is 0.242 e. The summed E-state index contributed by atoms with van der Waals surface area (Å²) in [6, 6.07) is 25.1. The molecule has 74 heavy (non-hydrogen) atoms. The fourth-order valence-corrected chi connectivity index (χ4v) is 15.0. The number of aromatic nitrogens is 4. The highest BCUT2D eigenvalue weighted by atomic mass is 32.2. The van der Waals surface area contributed by atoms with Crippen LogP contribution in [0.25, 0.3) is 32.6 Å². The zero-order valence-corrected chi connectivity index (χ0v) is 45.3. The minimum Gasteiger partial charge on any atom is -0.497 e. The molecule has 0 aliphatic carbocycles. The molecule has 2 N–H and O–H groups in total. The van der Waals surface area contributed by atoms with Crippen LogP contribution in [0.4, 0.5) is 0 Å². The Labute approximate surface area is 447 Å². The summed E-state index contributed by atoms with van der Waals surface area (Å²) in [5, 5.41) is 32.2. The highest BCUT2D eigenvalue weighted by Crippen LogP contribution is 2.48. The Morgan fingerprint density at radius 3 is 1.43 bits per heavy atom. The summed E-state index contributed by atoms with van der Waals surface area (Å²) >= 11 is 4.20. The van der Waals surface area contributed by atoms with Crippen LogP contribution in [0.2, 0.25) is 0 Å². The van der Waals surface area contributed by atoms with E-state index in [-0.39, 0.29) is 24.3 Å². The van der Waals surface area contributed by atoms with Crippen molar-refractivity contribution < 1.29 is 29.2 Å². The molecular formula is C60H78N6O6S2. The first-order valence-corrected chi connectivity index (χ1v) is 30.1. The van der Waals surface area contributed by atoms with Gasteiger partial charge < -0.3 is 29.2 Å². The molecule has 2 unspecified atom stereocenters.